The molecule has 3 N–H and O–H groups in total. The van der Waals surface area contributed by atoms with Crippen LogP contribution in [0.25, 0.3) is 0 Å². The van der Waals surface area contributed by atoms with Crippen LogP contribution in [0.1, 0.15) is 24.6 Å². The third-order valence-electron chi connectivity index (χ3n) is 2.43. The summed E-state index contributed by atoms with van der Waals surface area (Å²) in [5.74, 6) is 0.760. The van der Waals surface area contributed by atoms with Gasteiger partial charge in [-0.2, -0.15) is 5.21 Å². The molecule has 0 radical (unpaired) electrons. The number of nitrogens with zero attached hydrogens (tertiary/aromatic N) is 3. The van der Waals surface area contributed by atoms with Crippen LogP contribution < -0.4 is 10.0 Å². The number of hydrogen-bond donors (Lipinski definition) is 3. The minimum absolute atomic E-state index is 0.0260. The average molecular weight is 365 g/mol. The van der Waals surface area contributed by atoms with E-state index in [1.165, 1.54) is 6.07 Å². The molecule has 2 rings (SSSR count). The van der Waals surface area contributed by atoms with Gasteiger partial charge < -0.3 is 9.73 Å². The predicted molar refractivity (Wildman–Crippen MR) is 72.1 cm³/mol. The van der Waals surface area contributed by atoms with E-state index in [4.69, 9.17) is 4.42 Å². The molecule has 2 aromatic rings. The molecule has 0 saturated heterocycles. The van der Waals surface area contributed by atoms with Crippen LogP contribution in [0.5, 0.6) is 0 Å². The highest BCUT2D eigenvalue weighted by molar-refractivity contribution is 9.10. The number of halogens is 1. The average Bonchev–Trinajstić information content (AvgIpc) is 2.98. The number of aromatic amines is 1. The Balaban J connectivity index is 2.22. The highest BCUT2D eigenvalue weighted by Gasteiger charge is 2.26. The molecule has 1 unspecified atom stereocenters. The molecule has 9 nitrogen and oxygen atoms in total. The number of rotatable bonds is 6. The first kappa shape index (κ1) is 15.1. The minimum Gasteiger partial charge on any atom is -0.452 e. The molecule has 0 aliphatic heterocycles. The largest absolute Gasteiger partial charge is 0.452 e. The van der Waals surface area contributed by atoms with Crippen LogP contribution in [-0.4, -0.2) is 36.1 Å². The Kier molecular flexibility index (Phi) is 4.52. The summed E-state index contributed by atoms with van der Waals surface area (Å²) in [6, 6.07) is 0.833. The first-order valence-electron chi connectivity index (χ1n) is 5.62. The zero-order chi connectivity index (χ0) is 14.8. The Morgan fingerprint density at radius 2 is 2.30 bits per heavy atom. The molecule has 0 spiro atoms. The highest BCUT2D eigenvalue weighted by atomic mass is 79.9. The standard InChI is InChI=1S/C9H13BrN6O3S/c1-5(9-12-15-16-13-9)14-20(17,18)7-3-6(4-11-2)19-8(7)10/h3,5,11,14H,4H2,1-2H3,(H,12,13,15,16). The molecule has 0 bridgehead atoms. The van der Waals surface area contributed by atoms with Gasteiger partial charge >= 0.3 is 0 Å². The van der Waals surface area contributed by atoms with Crippen LogP contribution in [0.3, 0.4) is 0 Å². The van der Waals surface area contributed by atoms with Gasteiger partial charge in [-0.1, -0.05) is 5.21 Å². The van der Waals surface area contributed by atoms with E-state index in [0.29, 0.717) is 12.3 Å². The number of nitrogens with one attached hydrogen (secondary N) is 3. The fourth-order valence-electron chi connectivity index (χ4n) is 1.54. The predicted octanol–water partition coefficient (Wildman–Crippen LogP) is 0.314. The van der Waals surface area contributed by atoms with Crippen molar-refractivity contribution in [3.05, 3.63) is 22.3 Å². The first-order chi connectivity index (χ1) is 9.44. The summed E-state index contributed by atoms with van der Waals surface area (Å²) in [6.07, 6.45) is 0. The summed E-state index contributed by atoms with van der Waals surface area (Å²) >= 11 is 3.10. The molecule has 2 heterocycles. The normalized spacial score (nSPS) is 13.6. The number of tetrazole rings is 1. The lowest BCUT2D eigenvalue weighted by Gasteiger charge is -2.09. The summed E-state index contributed by atoms with van der Waals surface area (Å²) in [5.41, 5.74) is 0. The number of H-pyrrole nitrogens is 1. The lowest BCUT2D eigenvalue weighted by molar-refractivity contribution is 0.469. The number of sulfonamides is 1. The monoisotopic (exact) mass is 364 g/mol. The van der Waals surface area contributed by atoms with Gasteiger partial charge in [0.15, 0.2) is 10.5 Å². The van der Waals surface area contributed by atoms with Crippen molar-refractivity contribution in [3.63, 3.8) is 0 Å². The summed E-state index contributed by atoms with van der Waals surface area (Å²) in [6.45, 7) is 2.04. The van der Waals surface area contributed by atoms with E-state index in [1.807, 2.05) is 0 Å². The highest BCUT2D eigenvalue weighted by Crippen LogP contribution is 2.27. The molecule has 0 aromatic carbocycles. The van der Waals surface area contributed by atoms with Gasteiger partial charge in [0.25, 0.3) is 0 Å². The first-order valence-corrected chi connectivity index (χ1v) is 7.90. The maximum atomic E-state index is 12.3. The van der Waals surface area contributed by atoms with Gasteiger partial charge in [-0.25, -0.2) is 13.1 Å². The maximum absolute atomic E-state index is 12.3. The topological polar surface area (TPSA) is 126 Å². The lowest BCUT2D eigenvalue weighted by Crippen LogP contribution is -2.27. The molecule has 110 valence electrons. The zero-order valence-corrected chi connectivity index (χ0v) is 13.1. The van der Waals surface area contributed by atoms with Crippen LogP contribution in [0.15, 0.2) is 20.0 Å². The molecule has 20 heavy (non-hydrogen) atoms. The SMILES string of the molecule is CNCc1cc(S(=O)(=O)NC(C)c2nn[nH]n2)c(Br)o1. The van der Waals surface area contributed by atoms with Crippen LogP contribution in [0.4, 0.5) is 0 Å². The zero-order valence-electron chi connectivity index (χ0n) is 10.7. The van der Waals surface area contributed by atoms with Crippen LogP contribution in [0.2, 0.25) is 0 Å². The van der Waals surface area contributed by atoms with Crippen LogP contribution in [0, 0.1) is 0 Å². The van der Waals surface area contributed by atoms with Crippen molar-refractivity contribution in [2.75, 3.05) is 7.05 Å². The molecule has 2 aromatic heterocycles. The Morgan fingerprint density at radius 3 is 2.90 bits per heavy atom. The molecule has 0 aliphatic carbocycles. The summed E-state index contributed by atoms with van der Waals surface area (Å²) in [5, 5.41) is 16.0. The Morgan fingerprint density at radius 1 is 1.55 bits per heavy atom. The van der Waals surface area contributed by atoms with Crippen molar-refractivity contribution >= 4 is 26.0 Å². The second kappa shape index (κ2) is 5.99. The van der Waals surface area contributed by atoms with Gasteiger partial charge in [-0.05, 0) is 29.9 Å². The molecule has 1 atom stereocenters. The Labute approximate surface area is 123 Å². The van der Waals surface area contributed by atoms with Gasteiger partial charge in [0.2, 0.25) is 10.0 Å². The van der Waals surface area contributed by atoms with Gasteiger partial charge in [0.1, 0.15) is 10.7 Å². The van der Waals surface area contributed by atoms with Crippen molar-refractivity contribution in [3.8, 4) is 0 Å². The van der Waals surface area contributed by atoms with Gasteiger partial charge in [0, 0.05) is 6.07 Å². The molecular weight excluding hydrogens is 352 g/mol. The van der Waals surface area contributed by atoms with E-state index in [9.17, 15) is 8.42 Å². The number of furan rings is 1. The quantitative estimate of drug-likeness (QED) is 0.673. The van der Waals surface area contributed by atoms with Crippen molar-refractivity contribution in [1.29, 1.82) is 0 Å². The summed E-state index contributed by atoms with van der Waals surface area (Å²) in [7, 11) is -2.02. The third kappa shape index (κ3) is 3.23. The van der Waals surface area contributed by atoms with Gasteiger partial charge in [0.05, 0.1) is 12.6 Å². The smallest absolute Gasteiger partial charge is 0.245 e. The molecule has 0 fully saturated rings. The molecule has 0 aliphatic rings. The second-order valence-corrected chi connectivity index (χ2v) is 6.40. The lowest BCUT2D eigenvalue weighted by atomic mass is 10.4. The van der Waals surface area contributed by atoms with Gasteiger partial charge in [-0.15, -0.1) is 10.2 Å². The summed E-state index contributed by atoms with van der Waals surface area (Å²) < 4.78 is 32.4. The molecule has 0 amide bonds. The van der Waals surface area contributed by atoms with Gasteiger partial charge in [-0.3, -0.25) is 0 Å². The van der Waals surface area contributed by atoms with E-state index in [0.717, 1.165) is 0 Å². The van der Waals surface area contributed by atoms with Crippen LogP contribution >= 0.6 is 15.9 Å². The molecule has 11 heteroatoms. The minimum atomic E-state index is -3.75. The maximum Gasteiger partial charge on any atom is 0.245 e. The van der Waals surface area contributed by atoms with E-state index >= 15 is 0 Å². The number of aromatic nitrogens is 4. The van der Waals surface area contributed by atoms with Crippen molar-refractivity contribution in [1.82, 2.24) is 30.7 Å². The number of hydrogen-bond acceptors (Lipinski definition) is 7. The van der Waals surface area contributed by atoms with Crippen molar-refractivity contribution in [2.45, 2.75) is 24.4 Å². The Hall–Kier alpha value is -1.30. The fourth-order valence-corrected chi connectivity index (χ4v) is 3.74. The third-order valence-corrected chi connectivity index (χ3v) is 4.83. The van der Waals surface area contributed by atoms with E-state index in [1.54, 1.807) is 14.0 Å². The van der Waals surface area contributed by atoms with E-state index in [2.05, 4.69) is 46.6 Å². The van der Waals surface area contributed by atoms with Crippen LogP contribution in [-0.2, 0) is 16.6 Å². The van der Waals surface area contributed by atoms with Crippen molar-refractivity contribution < 1.29 is 12.8 Å². The molecule has 0 saturated carbocycles. The fraction of sp³-hybridized carbons (Fsp3) is 0.444. The molecular formula is C9H13BrN6O3S. The second-order valence-electron chi connectivity index (χ2n) is 3.99. The van der Waals surface area contributed by atoms with E-state index in [-0.39, 0.29) is 15.4 Å². The summed E-state index contributed by atoms with van der Waals surface area (Å²) in [4.78, 5) is 0.0260. The Bertz CT molecular complexity index is 668. The van der Waals surface area contributed by atoms with E-state index < -0.39 is 16.1 Å². The van der Waals surface area contributed by atoms with Crippen molar-refractivity contribution in [2.24, 2.45) is 0 Å².